The first-order valence-corrected chi connectivity index (χ1v) is 9.77. The van der Waals surface area contributed by atoms with Crippen LogP contribution in [0, 0.1) is 0 Å². The SMILES string of the molecule is O=c1ccnc2sc(NCC3(c4ccc(Cl)cc4Cl)CCOCC3)nn12. The van der Waals surface area contributed by atoms with Gasteiger partial charge in [0.15, 0.2) is 0 Å². The minimum Gasteiger partial charge on any atom is -0.381 e. The quantitative estimate of drug-likeness (QED) is 0.711. The second-order valence-corrected chi connectivity index (χ2v) is 8.05. The molecule has 0 atom stereocenters. The lowest BCUT2D eigenvalue weighted by Gasteiger charge is -2.38. The normalized spacial score (nSPS) is 16.7. The molecule has 1 aliphatic heterocycles. The molecule has 26 heavy (non-hydrogen) atoms. The van der Waals surface area contributed by atoms with Crippen LogP contribution in [0.15, 0.2) is 35.3 Å². The van der Waals surface area contributed by atoms with Gasteiger partial charge >= 0.3 is 0 Å². The van der Waals surface area contributed by atoms with Crippen LogP contribution in [-0.4, -0.2) is 34.4 Å². The van der Waals surface area contributed by atoms with E-state index >= 15 is 0 Å². The topological polar surface area (TPSA) is 68.5 Å². The van der Waals surface area contributed by atoms with Crippen molar-refractivity contribution in [2.24, 2.45) is 0 Å². The fourth-order valence-electron chi connectivity index (χ4n) is 3.28. The van der Waals surface area contributed by atoms with Crippen LogP contribution in [-0.2, 0) is 10.2 Å². The summed E-state index contributed by atoms with van der Waals surface area (Å²) in [6.07, 6.45) is 3.17. The summed E-state index contributed by atoms with van der Waals surface area (Å²) in [6, 6.07) is 7.02. The van der Waals surface area contributed by atoms with E-state index in [9.17, 15) is 4.79 Å². The maximum atomic E-state index is 11.9. The van der Waals surface area contributed by atoms with Crippen molar-refractivity contribution in [1.29, 1.82) is 0 Å². The van der Waals surface area contributed by atoms with Gasteiger partial charge in [-0.1, -0.05) is 40.6 Å². The lowest BCUT2D eigenvalue weighted by Crippen LogP contribution is -2.40. The highest BCUT2D eigenvalue weighted by molar-refractivity contribution is 7.20. The molecule has 0 bridgehead atoms. The number of ether oxygens (including phenoxy) is 1. The Hall–Kier alpha value is -1.67. The number of nitrogens with zero attached hydrogens (tertiary/aromatic N) is 3. The smallest absolute Gasteiger partial charge is 0.275 e. The van der Waals surface area contributed by atoms with E-state index in [1.165, 1.54) is 28.1 Å². The van der Waals surface area contributed by atoms with Gasteiger partial charge in [0.2, 0.25) is 10.1 Å². The van der Waals surface area contributed by atoms with E-state index in [0.29, 0.717) is 39.9 Å². The summed E-state index contributed by atoms with van der Waals surface area (Å²) >= 11 is 13.9. The molecule has 9 heteroatoms. The molecule has 2 aromatic heterocycles. The van der Waals surface area contributed by atoms with Crippen LogP contribution in [0.25, 0.3) is 4.96 Å². The molecule has 3 aromatic rings. The number of fused-ring (bicyclic) bond motifs is 1. The Bertz CT molecular complexity index is 998. The molecule has 0 amide bonds. The minimum absolute atomic E-state index is 0.184. The maximum absolute atomic E-state index is 11.9. The van der Waals surface area contributed by atoms with Crippen molar-refractivity contribution < 1.29 is 4.74 Å². The van der Waals surface area contributed by atoms with Crippen LogP contribution in [0.5, 0.6) is 0 Å². The fourth-order valence-corrected chi connectivity index (χ4v) is 4.66. The van der Waals surface area contributed by atoms with Crippen LogP contribution in [0.4, 0.5) is 5.13 Å². The van der Waals surface area contributed by atoms with Crippen molar-refractivity contribution in [3.05, 3.63) is 56.4 Å². The third kappa shape index (κ3) is 3.32. The predicted molar refractivity (Wildman–Crippen MR) is 104 cm³/mol. The molecule has 1 aromatic carbocycles. The van der Waals surface area contributed by atoms with E-state index in [1.54, 1.807) is 6.07 Å². The average molecular weight is 411 g/mol. The molecule has 0 radical (unpaired) electrons. The van der Waals surface area contributed by atoms with E-state index < -0.39 is 0 Å². The van der Waals surface area contributed by atoms with Gasteiger partial charge in [-0.2, -0.15) is 4.52 Å². The lowest BCUT2D eigenvalue weighted by molar-refractivity contribution is 0.0544. The van der Waals surface area contributed by atoms with Crippen LogP contribution < -0.4 is 10.9 Å². The summed E-state index contributed by atoms with van der Waals surface area (Å²) < 4.78 is 6.86. The Kier molecular flexibility index (Phi) is 4.88. The number of hydrogen-bond acceptors (Lipinski definition) is 6. The van der Waals surface area contributed by atoms with Crippen LogP contribution in [0.2, 0.25) is 10.0 Å². The van der Waals surface area contributed by atoms with Gasteiger partial charge in [-0.25, -0.2) is 4.98 Å². The molecule has 1 aliphatic rings. The summed E-state index contributed by atoms with van der Waals surface area (Å²) in [7, 11) is 0. The number of aromatic nitrogens is 3. The third-order valence-electron chi connectivity index (χ3n) is 4.70. The highest BCUT2D eigenvalue weighted by atomic mass is 35.5. The van der Waals surface area contributed by atoms with Crippen molar-refractivity contribution >= 4 is 44.6 Å². The highest BCUT2D eigenvalue weighted by Gasteiger charge is 2.36. The van der Waals surface area contributed by atoms with Crippen LogP contribution >= 0.6 is 34.5 Å². The molecule has 1 saturated heterocycles. The van der Waals surface area contributed by atoms with Gasteiger partial charge in [0, 0.05) is 47.5 Å². The molecule has 0 unspecified atom stereocenters. The van der Waals surface area contributed by atoms with Crippen molar-refractivity contribution in [2.45, 2.75) is 18.3 Å². The van der Waals surface area contributed by atoms with E-state index in [0.717, 1.165) is 18.4 Å². The monoisotopic (exact) mass is 410 g/mol. The van der Waals surface area contributed by atoms with Crippen LogP contribution in [0.1, 0.15) is 18.4 Å². The first kappa shape index (κ1) is 17.7. The highest BCUT2D eigenvalue weighted by Crippen LogP contribution is 2.40. The summed E-state index contributed by atoms with van der Waals surface area (Å²) in [5, 5.41) is 9.62. The summed E-state index contributed by atoms with van der Waals surface area (Å²) in [5.41, 5.74) is 0.674. The molecule has 0 aliphatic carbocycles. The molecule has 4 rings (SSSR count). The molecule has 3 heterocycles. The van der Waals surface area contributed by atoms with Gasteiger partial charge in [0.1, 0.15) is 0 Å². The summed E-state index contributed by atoms with van der Waals surface area (Å²) in [6.45, 7) is 1.97. The molecule has 6 nitrogen and oxygen atoms in total. The van der Waals surface area contributed by atoms with Crippen LogP contribution in [0.3, 0.4) is 0 Å². The summed E-state index contributed by atoms with van der Waals surface area (Å²) in [5.74, 6) is 0. The second-order valence-electron chi connectivity index (χ2n) is 6.26. The van der Waals surface area contributed by atoms with Crippen molar-refractivity contribution in [2.75, 3.05) is 25.1 Å². The molecular weight excluding hydrogens is 395 g/mol. The van der Waals surface area contributed by atoms with Crippen molar-refractivity contribution in [1.82, 2.24) is 14.6 Å². The number of rotatable bonds is 4. The molecule has 1 fully saturated rings. The Balaban J connectivity index is 1.64. The van der Waals surface area contributed by atoms with E-state index in [-0.39, 0.29) is 11.0 Å². The predicted octanol–water partition coefficient (Wildman–Crippen LogP) is 3.62. The zero-order chi connectivity index (χ0) is 18.1. The summed E-state index contributed by atoms with van der Waals surface area (Å²) in [4.78, 5) is 16.6. The minimum atomic E-state index is -0.194. The molecule has 1 N–H and O–H groups in total. The standard InChI is InChI=1S/C17H16Cl2N4O2S/c18-11-1-2-12(13(19)9-11)17(4-7-25-8-5-17)10-21-15-22-23-14(24)3-6-20-16(23)26-15/h1-3,6,9H,4-5,7-8,10H2,(H,21,22). The van der Waals surface area contributed by atoms with E-state index in [1.807, 2.05) is 12.1 Å². The fraction of sp³-hybridized carbons (Fsp3) is 0.353. The van der Waals surface area contributed by atoms with Gasteiger partial charge in [0.25, 0.3) is 5.56 Å². The van der Waals surface area contributed by atoms with Gasteiger partial charge in [-0.05, 0) is 30.5 Å². The van der Waals surface area contributed by atoms with E-state index in [2.05, 4.69) is 15.4 Å². The largest absolute Gasteiger partial charge is 0.381 e. The Labute approximate surface area is 163 Å². The van der Waals surface area contributed by atoms with Gasteiger partial charge in [0.05, 0.1) is 0 Å². The zero-order valence-corrected chi connectivity index (χ0v) is 16.1. The number of halogens is 2. The number of nitrogens with one attached hydrogen (secondary N) is 1. The average Bonchev–Trinajstić information content (AvgIpc) is 3.05. The van der Waals surface area contributed by atoms with Gasteiger partial charge < -0.3 is 10.1 Å². The molecule has 0 saturated carbocycles. The van der Waals surface area contributed by atoms with Crippen molar-refractivity contribution in [3.63, 3.8) is 0 Å². The Morgan fingerprint density at radius 3 is 2.81 bits per heavy atom. The number of anilines is 1. The van der Waals surface area contributed by atoms with E-state index in [4.69, 9.17) is 27.9 Å². The molecule has 0 spiro atoms. The second kappa shape index (κ2) is 7.15. The van der Waals surface area contributed by atoms with Gasteiger partial charge in [-0.3, -0.25) is 4.79 Å². The maximum Gasteiger partial charge on any atom is 0.275 e. The van der Waals surface area contributed by atoms with Gasteiger partial charge in [-0.15, -0.1) is 5.10 Å². The molecule has 136 valence electrons. The lowest BCUT2D eigenvalue weighted by atomic mass is 9.74. The third-order valence-corrected chi connectivity index (χ3v) is 6.13. The first-order valence-electron chi connectivity index (χ1n) is 8.19. The Morgan fingerprint density at radius 2 is 2.08 bits per heavy atom. The molecular formula is C17H16Cl2N4O2S. The zero-order valence-electron chi connectivity index (χ0n) is 13.7. The van der Waals surface area contributed by atoms with Crippen molar-refractivity contribution in [3.8, 4) is 0 Å². The Morgan fingerprint density at radius 1 is 1.27 bits per heavy atom. The first-order chi connectivity index (χ1) is 12.6. The number of benzene rings is 1. The number of hydrogen-bond donors (Lipinski definition) is 1.